The molecule has 0 spiro atoms. The Labute approximate surface area is 166 Å². The van der Waals surface area contributed by atoms with Crippen LogP contribution in [-0.4, -0.2) is 12.4 Å². The van der Waals surface area contributed by atoms with Crippen molar-refractivity contribution < 1.29 is 13.2 Å². The van der Waals surface area contributed by atoms with Gasteiger partial charge in [-0.1, -0.05) is 45.8 Å². The highest BCUT2D eigenvalue weighted by atomic mass is 79.9. The third-order valence-corrected chi connectivity index (χ3v) is 6.48. The average Bonchev–Trinajstić information content (AvgIpc) is 3.03. The summed E-state index contributed by atoms with van der Waals surface area (Å²) < 4.78 is 34.5. The number of para-hydroxylation sites is 1. The summed E-state index contributed by atoms with van der Waals surface area (Å²) in [5, 5.41) is 0.733. The van der Waals surface area contributed by atoms with Crippen molar-refractivity contribution in [1.29, 1.82) is 0 Å². The first kappa shape index (κ1) is 17.8. The lowest BCUT2D eigenvalue weighted by Crippen LogP contribution is -2.11. The Balaban J connectivity index is 1.84. The van der Waals surface area contributed by atoms with Gasteiger partial charge < -0.3 is 4.74 Å². The molecule has 0 saturated carbocycles. The Hall–Kier alpha value is -2.57. The van der Waals surface area contributed by atoms with E-state index in [9.17, 15) is 8.42 Å². The van der Waals surface area contributed by atoms with Crippen molar-refractivity contribution in [2.75, 3.05) is 0 Å². The molecule has 0 bridgehead atoms. The number of hydrogen-bond acceptors (Lipinski definition) is 3. The van der Waals surface area contributed by atoms with Gasteiger partial charge in [-0.05, 0) is 55.5 Å². The SMILES string of the molecule is Cc1ccc(S(=O)(=O)n2cc(Oc3ccc(Br)cc3)c3ccccc32)cc1. The molecule has 6 heteroatoms. The van der Waals surface area contributed by atoms with Gasteiger partial charge in [-0.2, -0.15) is 0 Å². The van der Waals surface area contributed by atoms with Gasteiger partial charge in [0.2, 0.25) is 0 Å². The van der Waals surface area contributed by atoms with Gasteiger partial charge in [0.1, 0.15) is 5.75 Å². The molecule has 0 amide bonds. The number of aryl methyl sites for hydroxylation is 1. The van der Waals surface area contributed by atoms with Crippen molar-refractivity contribution in [3.05, 3.63) is 89.0 Å². The Morgan fingerprint density at radius 3 is 2.26 bits per heavy atom. The minimum Gasteiger partial charge on any atom is -0.455 e. The summed E-state index contributed by atoms with van der Waals surface area (Å²) >= 11 is 3.39. The fourth-order valence-corrected chi connectivity index (χ4v) is 4.48. The van der Waals surface area contributed by atoms with Crippen LogP contribution in [0.3, 0.4) is 0 Å². The van der Waals surface area contributed by atoms with Crippen LogP contribution in [0.25, 0.3) is 10.9 Å². The lowest BCUT2D eigenvalue weighted by molar-refractivity contribution is 0.487. The maximum atomic E-state index is 13.2. The number of hydrogen-bond donors (Lipinski definition) is 0. The largest absolute Gasteiger partial charge is 0.455 e. The van der Waals surface area contributed by atoms with Crippen molar-refractivity contribution in [2.45, 2.75) is 11.8 Å². The average molecular weight is 442 g/mol. The zero-order chi connectivity index (χ0) is 19.0. The summed E-state index contributed by atoms with van der Waals surface area (Å²) in [5.41, 5.74) is 1.58. The molecule has 4 nitrogen and oxygen atoms in total. The van der Waals surface area contributed by atoms with Crippen LogP contribution < -0.4 is 4.74 Å². The van der Waals surface area contributed by atoms with E-state index in [1.807, 2.05) is 49.4 Å². The Bertz CT molecular complexity index is 1210. The van der Waals surface area contributed by atoms with E-state index in [-0.39, 0.29) is 4.90 Å². The van der Waals surface area contributed by atoms with Gasteiger partial charge in [-0.25, -0.2) is 12.4 Å². The molecule has 4 rings (SSSR count). The third-order valence-electron chi connectivity index (χ3n) is 4.26. The van der Waals surface area contributed by atoms with Crippen LogP contribution in [0.1, 0.15) is 5.56 Å². The molecule has 0 aliphatic carbocycles. The number of rotatable bonds is 4. The van der Waals surface area contributed by atoms with E-state index >= 15 is 0 Å². The minimum atomic E-state index is -3.73. The third kappa shape index (κ3) is 3.38. The van der Waals surface area contributed by atoms with E-state index in [1.54, 1.807) is 30.3 Å². The van der Waals surface area contributed by atoms with E-state index in [2.05, 4.69) is 15.9 Å². The lowest BCUT2D eigenvalue weighted by Gasteiger charge is -2.07. The van der Waals surface area contributed by atoms with E-state index in [4.69, 9.17) is 4.74 Å². The standard InChI is InChI=1S/C21H16BrNO3S/c1-15-6-12-18(13-7-15)27(24,25)23-14-21(19-4-2-3-5-20(19)23)26-17-10-8-16(22)9-11-17/h2-14H,1H3. The molecule has 0 N–H and O–H groups in total. The number of aromatic nitrogens is 1. The molecular formula is C21H16BrNO3S. The van der Waals surface area contributed by atoms with Crippen LogP contribution in [0, 0.1) is 6.92 Å². The van der Waals surface area contributed by atoms with Crippen LogP contribution >= 0.6 is 15.9 Å². The van der Waals surface area contributed by atoms with E-state index in [1.165, 1.54) is 10.2 Å². The maximum Gasteiger partial charge on any atom is 0.268 e. The molecule has 3 aromatic carbocycles. The van der Waals surface area contributed by atoms with Crippen LogP contribution in [0.15, 0.2) is 88.4 Å². The van der Waals surface area contributed by atoms with Gasteiger partial charge in [0.15, 0.2) is 5.75 Å². The van der Waals surface area contributed by atoms with Crippen LogP contribution in [0.5, 0.6) is 11.5 Å². The first-order valence-electron chi connectivity index (χ1n) is 8.31. The topological polar surface area (TPSA) is 48.3 Å². The molecule has 0 atom stereocenters. The quantitative estimate of drug-likeness (QED) is 0.405. The summed E-state index contributed by atoms with van der Waals surface area (Å²) in [5.74, 6) is 1.12. The first-order chi connectivity index (χ1) is 12.9. The Morgan fingerprint density at radius 1 is 0.889 bits per heavy atom. The highest BCUT2D eigenvalue weighted by molar-refractivity contribution is 9.10. The lowest BCUT2D eigenvalue weighted by atomic mass is 10.2. The molecule has 0 aliphatic rings. The minimum absolute atomic E-state index is 0.240. The smallest absolute Gasteiger partial charge is 0.268 e. The highest BCUT2D eigenvalue weighted by Crippen LogP contribution is 2.34. The molecular weight excluding hydrogens is 426 g/mol. The number of benzene rings is 3. The normalized spacial score (nSPS) is 11.6. The van der Waals surface area contributed by atoms with Crippen LogP contribution in [0.2, 0.25) is 0 Å². The van der Waals surface area contributed by atoms with Crippen molar-refractivity contribution >= 4 is 36.9 Å². The summed E-state index contributed by atoms with van der Waals surface area (Å²) in [7, 11) is -3.73. The zero-order valence-corrected chi connectivity index (χ0v) is 16.9. The first-order valence-corrected chi connectivity index (χ1v) is 10.5. The summed E-state index contributed by atoms with van der Waals surface area (Å²) in [6.45, 7) is 1.92. The maximum absolute atomic E-state index is 13.2. The fraction of sp³-hybridized carbons (Fsp3) is 0.0476. The molecule has 0 radical (unpaired) electrons. The van der Waals surface area contributed by atoms with Gasteiger partial charge in [0.05, 0.1) is 16.6 Å². The van der Waals surface area contributed by atoms with Crippen LogP contribution in [-0.2, 0) is 10.0 Å². The molecule has 4 aromatic rings. The second-order valence-corrected chi connectivity index (χ2v) is 8.91. The molecule has 1 heterocycles. The second-order valence-electron chi connectivity index (χ2n) is 6.18. The summed E-state index contributed by atoms with van der Waals surface area (Å²) in [6, 6.07) is 21.5. The monoisotopic (exact) mass is 441 g/mol. The van der Waals surface area contributed by atoms with Crippen molar-refractivity contribution in [1.82, 2.24) is 3.97 Å². The molecule has 0 fully saturated rings. The molecule has 0 aliphatic heterocycles. The predicted molar refractivity (Wildman–Crippen MR) is 110 cm³/mol. The fourth-order valence-electron chi connectivity index (χ4n) is 2.85. The van der Waals surface area contributed by atoms with Gasteiger partial charge in [0, 0.05) is 9.86 Å². The number of fused-ring (bicyclic) bond motifs is 1. The number of halogens is 1. The van der Waals surface area contributed by atoms with Gasteiger partial charge in [-0.3, -0.25) is 0 Å². The molecule has 27 heavy (non-hydrogen) atoms. The molecule has 1 aromatic heterocycles. The van der Waals surface area contributed by atoms with Gasteiger partial charge in [0.25, 0.3) is 10.0 Å². The van der Waals surface area contributed by atoms with E-state index in [0.29, 0.717) is 17.0 Å². The summed E-state index contributed by atoms with van der Waals surface area (Å²) in [4.78, 5) is 0.240. The Kier molecular flexibility index (Phi) is 4.53. The number of ether oxygens (including phenoxy) is 1. The summed E-state index contributed by atoms with van der Waals surface area (Å²) in [6.07, 6.45) is 1.53. The zero-order valence-electron chi connectivity index (χ0n) is 14.5. The van der Waals surface area contributed by atoms with Gasteiger partial charge >= 0.3 is 0 Å². The molecule has 0 unspecified atom stereocenters. The second kappa shape index (κ2) is 6.87. The number of nitrogens with zero attached hydrogens (tertiary/aromatic N) is 1. The van der Waals surface area contributed by atoms with Gasteiger partial charge in [-0.15, -0.1) is 0 Å². The highest BCUT2D eigenvalue weighted by Gasteiger charge is 2.22. The predicted octanol–water partition coefficient (Wildman–Crippen LogP) is 5.74. The van der Waals surface area contributed by atoms with Crippen molar-refractivity contribution in [3.8, 4) is 11.5 Å². The van der Waals surface area contributed by atoms with Crippen molar-refractivity contribution in [2.24, 2.45) is 0 Å². The van der Waals surface area contributed by atoms with E-state index < -0.39 is 10.0 Å². The van der Waals surface area contributed by atoms with E-state index in [0.717, 1.165) is 15.4 Å². The van der Waals surface area contributed by atoms with Crippen molar-refractivity contribution in [3.63, 3.8) is 0 Å². The molecule has 0 saturated heterocycles. The Morgan fingerprint density at radius 2 is 1.56 bits per heavy atom. The molecule has 136 valence electrons. The van der Waals surface area contributed by atoms with Crippen LogP contribution in [0.4, 0.5) is 0 Å².